The number of benzene rings is 2. The van der Waals surface area contributed by atoms with Crippen molar-refractivity contribution in [1.29, 1.82) is 0 Å². The van der Waals surface area contributed by atoms with Gasteiger partial charge in [-0.15, -0.1) is 0 Å². The molecule has 1 aliphatic rings. The number of aryl methyl sites for hydroxylation is 2. The molecule has 3 nitrogen and oxygen atoms in total. The Labute approximate surface area is 142 Å². The first kappa shape index (κ1) is 14.8. The summed E-state index contributed by atoms with van der Waals surface area (Å²) >= 11 is 0. The predicted molar refractivity (Wildman–Crippen MR) is 96.9 cm³/mol. The summed E-state index contributed by atoms with van der Waals surface area (Å²) in [7, 11) is 0. The van der Waals surface area contributed by atoms with Crippen LogP contribution in [0.15, 0.2) is 67.0 Å². The summed E-state index contributed by atoms with van der Waals surface area (Å²) in [6.07, 6.45) is 6.04. The number of carbonyl (C=O) groups excluding carboxylic acids is 1. The SMILES string of the molecule is Cc1ccc2c(c1)N(C(=O)c1cccc(-n3cccc3)c1)CCC2. The van der Waals surface area contributed by atoms with Gasteiger partial charge in [0.05, 0.1) is 0 Å². The van der Waals surface area contributed by atoms with Gasteiger partial charge < -0.3 is 9.47 Å². The Morgan fingerprint density at radius 3 is 2.67 bits per heavy atom. The highest BCUT2D eigenvalue weighted by molar-refractivity contribution is 6.07. The molecule has 0 saturated carbocycles. The summed E-state index contributed by atoms with van der Waals surface area (Å²) in [4.78, 5) is 15.0. The van der Waals surface area contributed by atoms with E-state index in [1.807, 2.05) is 58.3 Å². The minimum absolute atomic E-state index is 0.0792. The average molecular weight is 316 g/mol. The van der Waals surface area contributed by atoms with Crippen molar-refractivity contribution in [2.45, 2.75) is 19.8 Å². The van der Waals surface area contributed by atoms with Crippen LogP contribution in [0.2, 0.25) is 0 Å². The number of rotatable bonds is 2. The van der Waals surface area contributed by atoms with Crippen molar-refractivity contribution in [1.82, 2.24) is 4.57 Å². The lowest BCUT2D eigenvalue weighted by atomic mass is 9.99. The van der Waals surface area contributed by atoms with Gasteiger partial charge in [0.25, 0.3) is 5.91 Å². The predicted octanol–water partition coefficient (Wildman–Crippen LogP) is 4.38. The zero-order valence-corrected chi connectivity index (χ0v) is 13.8. The molecule has 0 atom stereocenters. The molecule has 0 spiro atoms. The fourth-order valence-corrected chi connectivity index (χ4v) is 3.36. The van der Waals surface area contributed by atoms with Crippen molar-refractivity contribution >= 4 is 11.6 Å². The second-order valence-electron chi connectivity index (χ2n) is 6.33. The molecule has 1 aromatic heterocycles. The summed E-state index contributed by atoms with van der Waals surface area (Å²) in [5.41, 5.74) is 5.26. The minimum atomic E-state index is 0.0792. The van der Waals surface area contributed by atoms with Crippen molar-refractivity contribution in [2.75, 3.05) is 11.4 Å². The van der Waals surface area contributed by atoms with Crippen LogP contribution in [0.5, 0.6) is 0 Å². The molecule has 2 aromatic carbocycles. The number of amides is 1. The zero-order chi connectivity index (χ0) is 16.5. The number of hydrogen-bond donors (Lipinski definition) is 0. The maximum atomic E-state index is 13.1. The summed E-state index contributed by atoms with van der Waals surface area (Å²) < 4.78 is 2.02. The zero-order valence-electron chi connectivity index (χ0n) is 13.8. The molecule has 0 bridgehead atoms. The van der Waals surface area contributed by atoms with Gasteiger partial charge in [0.2, 0.25) is 0 Å². The van der Waals surface area contributed by atoms with Crippen LogP contribution in [0.4, 0.5) is 5.69 Å². The lowest BCUT2D eigenvalue weighted by Gasteiger charge is -2.30. The van der Waals surface area contributed by atoms with Crippen molar-refractivity contribution in [2.24, 2.45) is 0 Å². The highest BCUT2D eigenvalue weighted by Gasteiger charge is 2.23. The highest BCUT2D eigenvalue weighted by atomic mass is 16.2. The summed E-state index contributed by atoms with van der Waals surface area (Å²) in [5.74, 6) is 0.0792. The highest BCUT2D eigenvalue weighted by Crippen LogP contribution is 2.29. The molecular formula is C21H20N2O. The molecule has 24 heavy (non-hydrogen) atoms. The molecule has 0 radical (unpaired) electrons. The van der Waals surface area contributed by atoms with Crippen molar-refractivity contribution < 1.29 is 4.79 Å². The van der Waals surface area contributed by atoms with E-state index < -0.39 is 0 Å². The molecule has 1 amide bonds. The van der Waals surface area contributed by atoms with Crippen LogP contribution in [-0.2, 0) is 6.42 Å². The number of aromatic nitrogens is 1. The molecule has 3 aromatic rings. The van der Waals surface area contributed by atoms with Gasteiger partial charge in [-0.1, -0.05) is 18.2 Å². The second kappa shape index (κ2) is 6.00. The third kappa shape index (κ3) is 2.62. The molecule has 4 rings (SSSR count). The topological polar surface area (TPSA) is 25.2 Å². The van der Waals surface area contributed by atoms with E-state index in [1.165, 1.54) is 11.1 Å². The van der Waals surface area contributed by atoms with Crippen molar-refractivity contribution in [3.05, 3.63) is 83.7 Å². The van der Waals surface area contributed by atoms with Gasteiger partial charge in [0, 0.05) is 35.9 Å². The van der Waals surface area contributed by atoms with Gasteiger partial charge in [-0.05, 0) is 67.3 Å². The van der Waals surface area contributed by atoms with Crippen molar-refractivity contribution in [3.63, 3.8) is 0 Å². The molecule has 120 valence electrons. The van der Waals surface area contributed by atoms with Gasteiger partial charge in [0.1, 0.15) is 0 Å². The monoisotopic (exact) mass is 316 g/mol. The van der Waals surface area contributed by atoms with Crippen LogP contribution in [0.1, 0.15) is 27.9 Å². The van der Waals surface area contributed by atoms with Crippen LogP contribution in [0, 0.1) is 6.92 Å². The first-order chi connectivity index (χ1) is 11.7. The van der Waals surface area contributed by atoms with Crippen LogP contribution >= 0.6 is 0 Å². The number of fused-ring (bicyclic) bond motifs is 1. The molecule has 3 heteroatoms. The first-order valence-corrected chi connectivity index (χ1v) is 8.37. The van der Waals surface area contributed by atoms with Crippen LogP contribution in [-0.4, -0.2) is 17.0 Å². The fourth-order valence-electron chi connectivity index (χ4n) is 3.36. The van der Waals surface area contributed by atoms with E-state index in [2.05, 4.69) is 25.1 Å². The Morgan fingerprint density at radius 2 is 1.83 bits per heavy atom. The van der Waals surface area contributed by atoms with E-state index in [9.17, 15) is 4.79 Å². The molecule has 0 saturated heterocycles. The van der Waals surface area contributed by atoms with E-state index in [1.54, 1.807) is 0 Å². The normalized spacial score (nSPS) is 13.6. The smallest absolute Gasteiger partial charge is 0.258 e. The summed E-state index contributed by atoms with van der Waals surface area (Å²) in [5, 5.41) is 0. The Morgan fingerprint density at radius 1 is 1.00 bits per heavy atom. The Hall–Kier alpha value is -2.81. The summed E-state index contributed by atoms with van der Waals surface area (Å²) in [6, 6.07) is 18.2. The van der Waals surface area contributed by atoms with Crippen molar-refractivity contribution in [3.8, 4) is 5.69 Å². The van der Waals surface area contributed by atoms with Crippen LogP contribution in [0.3, 0.4) is 0 Å². The first-order valence-electron chi connectivity index (χ1n) is 8.37. The average Bonchev–Trinajstić information content (AvgIpc) is 3.15. The number of anilines is 1. The lowest BCUT2D eigenvalue weighted by molar-refractivity contribution is 0.0985. The number of hydrogen-bond acceptors (Lipinski definition) is 1. The second-order valence-corrected chi connectivity index (χ2v) is 6.33. The lowest BCUT2D eigenvalue weighted by Crippen LogP contribution is -2.35. The van der Waals surface area contributed by atoms with E-state index in [-0.39, 0.29) is 5.91 Å². The van der Waals surface area contributed by atoms with E-state index in [4.69, 9.17) is 0 Å². The molecule has 1 aliphatic heterocycles. The van der Waals surface area contributed by atoms with Gasteiger partial charge in [-0.3, -0.25) is 4.79 Å². The number of carbonyl (C=O) groups is 1. The maximum absolute atomic E-state index is 13.1. The van der Waals surface area contributed by atoms with Gasteiger partial charge in [-0.25, -0.2) is 0 Å². The van der Waals surface area contributed by atoms with Gasteiger partial charge >= 0.3 is 0 Å². The van der Waals surface area contributed by atoms with E-state index in [0.717, 1.165) is 36.3 Å². The van der Waals surface area contributed by atoms with Gasteiger partial charge in [-0.2, -0.15) is 0 Å². The number of nitrogens with zero attached hydrogens (tertiary/aromatic N) is 2. The standard InChI is InChI=1S/C21H20N2O/c1-16-9-10-17-7-5-13-23(20(17)14-16)21(24)18-6-4-8-19(15-18)22-11-2-3-12-22/h2-4,6,8-12,14-15H,5,7,13H2,1H3. The molecule has 2 heterocycles. The van der Waals surface area contributed by atoms with Crippen LogP contribution in [0.25, 0.3) is 5.69 Å². The molecule has 0 fully saturated rings. The molecular weight excluding hydrogens is 296 g/mol. The Bertz CT molecular complexity index is 881. The molecule has 0 N–H and O–H groups in total. The van der Waals surface area contributed by atoms with Crippen LogP contribution < -0.4 is 4.90 Å². The fraction of sp³-hybridized carbons (Fsp3) is 0.190. The molecule has 0 unspecified atom stereocenters. The third-order valence-electron chi connectivity index (χ3n) is 4.60. The Kier molecular flexibility index (Phi) is 3.69. The third-order valence-corrected chi connectivity index (χ3v) is 4.60. The van der Waals surface area contributed by atoms with E-state index in [0.29, 0.717) is 0 Å². The van der Waals surface area contributed by atoms with E-state index >= 15 is 0 Å². The largest absolute Gasteiger partial charge is 0.324 e. The minimum Gasteiger partial charge on any atom is -0.324 e. The van der Waals surface area contributed by atoms with Gasteiger partial charge in [0.15, 0.2) is 0 Å². The maximum Gasteiger partial charge on any atom is 0.258 e. The summed E-state index contributed by atoms with van der Waals surface area (Å²) in [6.45, 7) is 2.85. The Balaban J connectivity index is 1.71. The quantitative estimate of drug-likeness (QED) is 0.689. The molecule has 0 aliphatic carbocycles.